The zero-order chi connectivity index (χ0) is 25.4. The van der Waals surface area contributed by atoms with Crippen molar-refractivity contribution in [3.05, 3.63) is 58.6 Å². The Labute approximate surface area is 202 Å². The van der Waals surface area contributed by atoms with E-state index in [1.807, 2.05) is 6.92 Å². The van der Waals surface area contributed by atoms with Gasteiger partial charge in [-0.25, -0.2) is 8.78 Å². The molecule has 3 N–H and O–H groups in total. The number of ketones is 1. The number of rotatable bonds is 7. The summed E-state index contributed by atoms with van der Waals surface area (Å²) in [6.45, 7) is 2.45. The Kier molecular flexibility index (Phi) is 6.99. The third-order valence-corrected chi connectivity index (χ3v) is 7.43. The molecular formula is C25H30F2N2O6. The molecule has 3 atom stereocenters. The first-order chi connectivity index (χ1) is 16.6. The minimum absolute atomic E-state index is 0.0472. The number of aliphatic hydroxyl groups excluding tert-OH is 2. The number of fused-ring (bicyclic) bond motifs is 2. The molecule has 190 valence electrons. The molecule has 8 nitrogen and oxygen atoms in total. The number of nitrogens with zero attached hydrogens (tertiary/aromatic N) is 1. The molecule has 1 fully saturated rings. The molecular weight excluding hydrogens is 462 g/mol. The molecule has 3 aliphatic rings. The van der Waals surface area contributed by atoms with E-state index in [0.29, 0.717) is 32.1 Å². The maximum absolute atomic E-state index is 13.9. The molecule has 0 saturated heterocycles. The summed E-state index contributed by atoms with van der Waals surface area (Å²) >= 11 is 0. The van der Waals surface area contributed by atoms with Crippen molar-refractivity contribution in [3.8, 4) is 0 Å². The number of benzene rings is 1. The van der Waals surface area contributed by atoms with Crippen LogP contribution in [0.3, 0.4) is 0 Å². The van der Waals surface area contributed by atoms with Crippen LogP contribution in [0, 0.1) is 17.0 Å². The minimum atomic E-state index is -1.80. The lowest BCUT2D eigenvalue weighted by Gasteiger charge is -2.56. The van der Waals surface area contributed by atoms with Crippen molar-refractivity contribution in [2.45, 2.75) is 50.9 Å². The predicted octanol–water partition coefficient (Wildman–Crippen LogP) is 2.48. The van der Waals surface area contributed by atoms with Gasteiger partial charge in [0.25, 0.3) is 5.91 Å². The van der Waals surface area contributed by atoms with Crippen LogP contribution in [0.25, 0.3) is 0 Å². The molecule has 4 rings (SSSR count). The lowest BCUT2D eigenvalue weighted by Crippen LogP contribution is -2.63. The fraction of sp³-hybridized carbons (Fsp3) is 0.520. The molecule has 10 heteroatoms. The van der Waals surface area contributed by atoms with Gasteiger partial charge in [-0.15, -0.1) is 0 Å². The topological polar surface area (TPSA) is 108 Å². The second kappa shape index (κ2) is 9.67. The maximum Gasteiger partial charge on any atom is 0.252 e. The molecule has 1 aliphatic carbocycles. The van der Waals surface area contributed by atoms with Crippen molar-refractivity contribution in [2.24, 2.45) is 5.41 Å². The van der Waals surface area contributed by atoms with Crippen LogP contribution < -0.4 is 5.32 Å². The second-order valence-corrected chi connectivity index (χ2v) is 9.47. The maximum atomic E-state index is 13.9. The standard InChI is InChI=1S/C25H30F2N2O6/c1-24-7-3-4-8-25(24,35-10-9-34-2)14-29-13-17(20(30)21(31)19(29)22(24)32)23(33)28-12-15-5-6-16(26)11-18(15)27/h5-6,11,13,20,30,32H,3-4,7-10,12,14H2,1-2H3,(H,28,33)/t20?,24-,25-/m0/s1. The largest absolute Gasteiger partial charge is 0.509 e. The number of ether oxygens (including phenoxy) is 2. The smallest absolute Gasteiger partial charge is 0.252 e. The summed E-state index contributed by atoms with van der Waals surface area (Å²) in [4.78, 5) is 27.5. The van der Waals surface area contributed by atoms with Gasteiger partial charge < -0.3 is 29.9 Å². The Bertz CT molecular complexity index is 1090. The van der Waals surface area contributed by atoms with Crippen molar-refractivity contribution < 1.29 is 38.1 Å². The van der Waals surface area contributed by atoms with E-state index in [-0.39, 0.29) is 35.7 Å². The Hall–Kier alpha value is -2.82. The lowest BCUT2D eigenvalue weighted by molar-refractivity contribution is -0.175. The van der Waals surface area contributed by atoms with Crippen LogP contribution >= 0.6 is 0 Å². The van der Waals surface area contributed by atoms with Gasteiger partial charge in [0.15, 0.2) is 6.10 Å². The van der Waals surface area contributed by atoms with E-state index in [9.17, 15) is 28.6 Å². The first-order valence-electron chi connectivity index (χ1n) is 11.6. The van der Waals surface area contributed by atoms with Gasteiger partial charge in [0.2, 0.25) is 5.78 Å². The zero-order valence-electron chi connectivity index (χ0n) is 19.8. The summed E-state index contributed by atoms with van der Waals surface area (Å²) in [5.74, 6) is -3.29. The first-order valence-corrected chi connectivity index (χ1v) is 11.6. The average Bonchev–Trinajstić information content (AvgIpc) is 2.82. The summed E-state index contributed by atoms with van der Waals surface area (Å²) < 4.78 is 38.5. The van der Waals surface area contributed by atoms with Gasteiger partial charge in [-0.05, 0) is 25.8 Å². The third kappa shape index (κ3) is 4.34. The highest BCUT2D eigenvalue weighted by Gasteiger charge is 2.60. The Morgan fingerprint density at radius 2 is 2.00 bits per heavy atom. The van der Waals surface area contributed by atoms with Gasteiger partial charge in [0.1, 0.15) is 23.1 Å². The van der Waals surface area contributed by atoms with Crippen LogP contribution in [-0.2, 0) is 25.6 Å². The van der Waals surface area contributed by atoms with Crippen molar-refractivity contribution >= 4 is 11.7 Å². The summed E-state index contributed by atoms with van der Waals surface area (Å²) in [5.41, 5.74) is -1.89. The average molecular weight is 493 g/mol. The van der Waals surface area contributed by atoms with E-state index in [1.165, 1.54) is 17.2 Å². The van der Waals surface area contributed by atoms with E-state index in [4.69, 9.17) is 9.47 Å². The molecule has 0 aromatic heterocycles. The van der Waals surface area contributed by atoms with Crippen LogP contribution in [0.2, 0.25) is 0 Å². The van der Waals surface area contributed by atoms with E-state index in [0.717, 1.165) is 18.9 Å². The van der Waals surface area contributed by atoms with Crippen molar-refractivity contribution in [1.82, 2.24) is 10.2 Å². The Morgan fingerprint density at radius 1 is 1.26 bits per heavy atom. The van der Waals surface area contributed by atoms with Crippen LogP contribution in [0.5, 0.6) is 0 Å². The monoisotopic (exact) mass is 492 g/mol. The number of nitrogens with one attached hydrogen (secondary N) is 1. The number of carbonyl (C=O) groups is 2. The summed E-state index contributed by atoms with van der Waals surface area (Å²) in [6.07, 6.45) is 2.50. The molecule has 0 spiro atoms. The number of hydrogen-bond acceptors (Lipinski definition) is 7. The van der Waals surface area contributed by atoms with Gasteiger partial charge >= 0.3 is 0 Å². The summed E-state index contributed by atoms with van der Waals surface area (Å²) in [7, 11) is 1.56. The van der Waals surface area contributed by atoms with E-state index < -0.39 is 40.4 Å². The highest BCUT2D eigenvalue weighted by Crippen LogP contribution is 2.55. The fourth-order valence-corrected chi connectivity index (χ4v) is 5.33. The van der Waals surface area contributed by atoms with Gasteiger partial charge in [-0.1, -0.05) is 18.9 Å². The highest BCUT2D eigenvalue weighted by molar-refractivity contribution is 6.10. The van der Waals surface area contributed by atoms with Crippen LogP contribution in [-0.4, -0.2) is 65.4 Å². The minimum Gasteiger partial charge on any atom is -0.509 e. The zero-order valence-corrected chi connectivity index (χ0v) is 19.8. The van der Waals surface area contributed by atoms with Crippen LogP contribution in [0.1, 0.15) is 38.2 Å². The summed E-state index contributed by atoms with van der Waals surface area (Å²) in [6, 6.07) is 2.98. The molecule has 2 heterocycles. The molecule has 1 aromatic carbocycles. The SMILES string of the molecule is COCCO[C@]12CCCC[C@@]1(C)C(O)=C1C(=O)C(O)C(C(=O)NCc3ccc(F)cc3F)=CN1C2. The summed E-state index contributed by atoms with van der Waals surface area (Å²) in [5, 5.41) is 24.4. The Morgan fingerprint density at radius 3 is 2.71 bits per heavy atom. The molecule has 1 aromatic rings. The van der Waals surface area contributed by atoms with Gasteiger partial charge in [0.05, 0.1) is 36.3 Å². The molecule has 1 amide bonds. The third-order valence-electron chi connectivity index (χ3n) is 7.43. The van der Waals surface area contributed by atoms with Crippen molar-refractivity contribution in [1.29, 1.82) is 0 Å². The fourth-order valence-electron chi connectivity index (χ4n) is 5.33. The molecule has 1 unspecified atom stereocenters. The molecule has 0 radical (unpaired) electrons. The molecule has 2 aliphatic heterocycles. The van der Waals surface area contributed by atoms with Gasteiger partial charge in [0, 0.05) is 31.5 Å². The normalized spacial score (nSPS) is 28.4. The lowest BCUT2D eigenvalue weighted by atomic mass is 9.60. The van der Waals surface area contributed by atoms with E-state index in [1.54, 1.807) is 7.11 Å². The predicted molar refractivity (Wildman–Crippen MR) is 121 cm³/mol. The first kappa shape index (κ1) is 25.3. The number of carbonyl (C=O) groups excluding carboxylic acids is 2. The number of Topliss-reactive ketones (excluding diaryl/α,β-unsaturated/α-hetero) is 1. The van der Waals surface area contributed by atoms with E-state index in [2.05, 4.69) is 5.32 Å². The van der Waals surface area contributed by atoms with Gasteiger partial charge in [-0.3, -0.25) is 9.59 Å². The number of amides is 1. The number of aliphatic hydroxyl groups is 2. The molecule has 35 heavy (non-hydrogen) atoms. The molecule has 1 saturated carbocycles. The number of methoxy groups -OCH3 is 1. The number of halogens is 2. The second-order valence-electron chi connectivity index (χ2n) is 9.47. The van der Waals surface area contributed by atoms with Crippen LogP contribution in [0.15, 0.2) is 41.4 Å². The van der Waals surface area contributed by atoms with Crippen molar-refractivity contribution in [3.63, 3.8) is 0 Å². The van der Waals surface area contributed by atoms with Gasteiger partial charge in [-0.2, -0.15) is 0 Å². The van der Waals surface area contributed by atoms with E-state index >= 15 is 0 Å². The number of hydrogen-bond donors (Lipinski definition) is 3. The van der Waals surface area contributed by atoms with Crippen molar-refractivity contribution in [2.75, 3.05) is 26.9 Å². The molecule has 0 bridgehead atoms. The Balaban J connectivity index is 1.63. The van der Waals surface area contributed by atoms with Crippen LogP contribution in [0.4, 0.5) is 8.78 Å². The quantitative estimate of drug-likeness (QED) is 0.502. The highest BCUT2D eigenvalue weighted by atomic mass is 19.1.